The molecular formula is C17H13ClF3NO. The third-order valence-corrected chi connectivity index (χ3v) is 4.30. The van der Waals surface area contributed by atoms with E-state index in [0.29, 0.717) is 23.6 Å². The molecule has 0 heterocycles. The maximum absolute atomic E-state index is 12.5. The van der Waals surface area contributed by atoms with Gasteiger partial charge in [0.15, 0.2) is 0 Å². The van der Waals surface area contributed by atoms with Gasteiger partial charge in [0.2, 0.25) is 5.91 Å². The van der Waals surface area contributed by atoms with Gasteiger partial charge in [0, 0.05) is 10.7 Å². The minimum atomic E-state index is -4.39. The molecule has 1 amide bonds. The normalized spacial score (nSPS) is 16.0. The summed E-state index contributed by atoms with van der Waals surface area (Å²) in [6, 6.07) is 11.5. The molecule has 1 aliphatic carbocycles. The minimum absolute atomic E-state index is 0.209. The van der Waals surface area contributed by atoms with Crippen LogP contribution in [0.4, 0.5) is 18.9 Å². The first-order chi connectivity index (χ1) is 10.8. The molecule has 0 saturated heterocycles. The predicted octanol–water partition coefficient (Wildman–Crippen LogP) is 5.03. The van der Waals surface area contributed by atoms with Crippen molar-refractivity contribution in [2.24, 2.45) is 0 Å². The maximum atomic E-state index is 12.5. The zero-order valence-electron chi connectivity index (χ0n) is 12.0. The average Bonchev–Trinajstić information content (AvgIpc) is 3.29. The molecule has 120 valence electrons. The molecule has 0 radical (unpaired) electrons. The number of anilines is 1. The van der Waals surface area contributed by atoms with Crippen LogP contribution in [0.1, 0.15) is 24.0 Å². The zero-order valence-corrected chi connectivity index (χ0v) is 12.7. The van der Waals surface area contributed by atoms with Crippen LogP contribution in [-0.4, -0.2) is 5.91 Å². The van der Waals surface area contributed by atoms with E-state index in [9.17, 15) is 18.0 Å². The van der Waals surface area contributed by atoms with Gasteiger partial charge in [-0.1, -0.05) is 23.7 Å². The van der Waals surface area contributed by atoms with Crippen LogP contribution in [0.5, 0.6) is 0 Å². The van der Waals surface area contributed by atoms with E-state index in [2.05, 4.69) is 5.32 Å². The van der Waals surface area contributed by atoms with Crippen LogP contribution in [0, 0.1) is 0 Å². The fourth-order valence-electron chi connectivity index (χ4n) is 2.53. The van der Waals surface area contributed by atoms with Gasteiger partial charge in [-0.3, -0.25) is 4.79 Å². The van der Waals surface area contributed by atoms with Gasteiger partial charge < -0.3 is 5.32 Å². The Hall–Kier alpha value is -2.01. The van der Waals surface area contributed by atoms with E-state index < -0.39 is 17.2 Å². The number of nitrogens with one attached hydrogen (secondary N) is 1. The first kappa shape index (κ1) is 15.9. The molecule has 23 heavy (non-hydrogen) atoms. The van der Waals surface area contributed by atoms with E-state index in [1.807, 2.05) is 12.1 Å². The van der Waals surface area contributed by atoms with E-state index in [1.165, 1.54) is 12.1 Å². The van der Waals surface area contributed by atoms with E-state index in [0.717, 1.165) is 17.7 Å². The lowest BCUT2D eigenvalue weighted by molar-refractivity contribution is -0.137. The predicted molar refractivity (Wildman–Crippen MR) is 82.4 cm³/mol. The van der Waals surface area contributed by atoms with Crippen molar-refractivity contribution in [1.29, 1.82) is 0 Å². The molecule has 1 aliphatic rings. The highest BCUT2D eigenvalue weighted by molar-refractivity contribution is 6.30. The molecule has 0 bridgehead atoms. The number of hydrogen-bond donors (Lipinski definition) is 1. The van der Waals surface area contributed by atoms with Crippen molar-refractivity contribution >= 4 is 23.2 Å². The summed E-state index contributed by atoms with van der Waals surface area (Å²) in [6.45, 7) is 0. The number of amides is 1. The molecule has 0 aliphatic heterocycles. The van der Waals surface area contributed by atoms with Crippen molar-refractivity contribution in [3.05, 3.63) is 64.7 Å². The quantitative estimate of drug-likeness (QED) is 0.835. The highest BCUT2D eigenvalue weighted by Crippen LogP contribution is 2.49. The molecule has 0 spiro atoms. The number of alkyl halides is 3. The number of hydrogen-bond acceptors (Lipinski definition) is 1. The SMILES string of the molecule is O=C(Nc1ccc(C(F)(F)F)cc1)C1(c2ccc(Cl)cc2)CC1. The molecule has 0 atom stereocenters. The number of halogens is 4. The lowest BCUT2D eigenvalue weighted by Gasteiger charge is -2.16. The average molecular weight is 340 g/mol. The second-order valence-electron chi connectivity index (χ2n) is 5.62. The Kier molecular flexibility index (Phi) is 3.84. The highest BCUT2D eigenvalue weighted by Gasteiger charge is 2.51. The number of rotatable bonds is 3. The van der Waals surface area contributed by atoms with Crippen molar-refractivity contribution in [3.8, 4) is 0 Å². The summed E-state index contributed by atoms with van der Waals surface area (Å²) >= 11 is 5.85. The van der Waals surface area contributed by atoms with Crippen LogP contribution in [0.25, 0.3) is 0 Å². The summed E-state index contributed by atoms with van der Waals surface area (Å²) in [6.07, 6.45) is -2.97. The Bertz CT molecular complexity index is 719. The van der Waals surface area contributed by atoms with Gasteiger partial charge in [-0.2, -0.15) is 13.2 Å². The topological polar surface area (TPSA) is 29.1 Å². The van der Waals surface area contributed by atoms with Crippen LogP contribution >= 0.6 is 11.6 Å². The van der Waals surface area contributed by atoms with Crippen molar-refractivity contribution in [3.63, 3.8) is 0 Å². The van der Waals surface area contributed by atoms with Crippen molar-refractivity contribution in [2.75, 3.05) is 5.32 Å². The monoisotopic (exact) mass is 339 g/mol. The lowest BCUT2D eigenvalue weighted by atomic mass is 9.95. The largest absolute Gasteiger partial charge is 0.416 e. The van der Waals surface area contributed by atoms with Gasteiger partial charge in [0.25, 0.3) is 0 Å². The van der Waals surface area contributed by atoms with Gasteiger partial charge in [-0.05, 0) is 54.8 Å². The molecule has 1 N–H and O–H groups in total. The molecule has 1 saturated carbocycles. The summed E-state index contributed by atoms with van der Waals surface area (Å²) in [4.78, 5) is 12.5. The van der Waals surface area contributed by atoms with Crippen molar-refractivity contribution < 1.29 is 18.0 Å². The summed E-state index contributed by atoms with van der Waals surface area (Å²) in [5.74, 6) is -0.209. The molecule has 1 fully saturated rings. The second-order valence-corrected chi connectivity index (χ2v) is 6.05. The Morgan fingerprint density at radius 3 is 2.04 bits per heavy atom. The van der Waals surface area contributed by atoms with Crippen LogP contribution in [0.2, 0.25) is 5.02 Å². The van der Waals surface area contributed by atoms with Gasteiger partial charge in [0.1, 0.15) is 0 Å². The molecule has 2 aromatic rings. The molecule has 0 aromatic heterocycles. The van der Waals surface area contributed by atoms with Crippen LogP contribution in [0.3, 0.4) is 0 Å². The second kappa shape index (κ2) is 5.57. The van der Waals surface area contributed by atoms with Gasteiger partial charge in [0.05, 0.1) is 11.0 Å². The Morgan fingerprint density at radius 2 is 1.57 bits per heavy atom. The smallest absolute Gasteiger partial charge is 0.325 e. The minimum Gasteiger partial charge on any atom is -0.325 e. The first-order valence-corrected chi connectivity index (χ1v) is 7.44. The Morgan fingerprint density at radius 1 is 1.00 bits per heavy atom. The fourth-order valence-corrected chi connectivity index (χ4v) is 2.66. The molecule has 0 unspecified atom stereocenters. The molecule has 3 rings (SSSR count). The number of carbonyl (C=O) groups excluding carboxylic acids is 1. The third kappa shape index (κ3) is 3.20. The van der Waals surface area contributed by atoms with Gasteiger partial charge in [-0.25, -0.2) is 0 Å². The van der Waals surface area contributed by atoms with E-state index >= 15 is 0 Å². The standard InChI is InChI=1S/C17H13ClF3NO/c18-13-5-1-11(2-6-13)16(9-10-16)15(23)22-14-7-3-12(4-8-14)17(19,20)21/h1-8H,9-10H2,(H,22,23). The van der Waals surface area contributed by atoms with Gasteiger partial charge >= 0.3 is 6.18 Å². The third-order valence-electron chi connectivity index (χ3n) is 4.05. The number of carbonyl (C=O) groups is 1. The van der Waals surface area contributed by atoms with Crippen LogP contribution < -0.4 is 5.32 Å². The lowest BCUT2D eigenvalue weighted by Crippen LogP contribution is -2.27. The molecular weight excluding hydrogens is 327 g/mol. The summed E-state index contributed by atoms with van der Waals surface area (Å²) in [7, 11) is 0. The van der Waals surface area contributed by atoms with Crippen LogP contribution in [0.15, 0.2) is 48.5 Å². The first-order valence-electron chi connectivity index (χ1n) is 7.06. The number of benzene rings is 2. The van der Waals surface area contributed by atoms with E-state index in [4.69, 9.17) is 11.6 Å². The fraction of sp³-hybridized carbons (Fsp3) is 0.235. The Balaban J connectivity index is 1.75. The zero-order chi connectivity index (χ0) is 16.7. The highest BCUT2D eigenvalue weighted by atomic mass is 35.5. The molecule has 2 nitrogen and oxygen atoms in total. The van der Waals surface area contributed by atoms with Crippen LogP contribution in [-0.2, 0) is 16.4 Å². The maximum Gasteiger partial charge on any atom is 0.416 e. The molecule has 2 aromatic carbocycles. The Labute approximate surface area is 136 Å². The van der Waals surface area contributed by atoms with Gasteiger partial charge in [-0.15, -0.1) is 0 Å². The summed E-state index contributed by atoms with van der Waals surface area (Å²) in [5, 5.41) is 3.29. The summed E-state index contributed by atoms with van der Waals surface area (Å²) in [5.41, 5.74) is -0.128. The van der Waals surface area contributed by atoms with Crippen molar-refractivity contribution in [1.82, 2.24) is 0 Å². The summed E-state index contributed by atoms with van der Waals surface area (Å²) < 4.78 is 37.6. The molecule has 6 heteroatoms. The van der Waals surface area contributed by atoms with Crippen molar-refractivity contribution in [2.45, 2.75) is 24.4 Å². The van der Waals surface area contributed by atoms with E-state index in [-0.39, 0.29) is 5.91 Å². The van der Waals surface area contributed by atoms with E-state index in [1.54, 1.807) is 12.1 Å².